The molecule has 25 heavy (non-hydrogen) atoms. The van der Waals surface area contributed by atoms with E-state index < -0.39 is 5.91 Å². The number of aryl methyl sites for hydroxylation is 1. The van der Waals surface area contributed by atoms with Crippen molar-refractivity contribution in [2.24, 2.45) is 5.73 Å². The lowest BCUT2D eigenvalue weighted by molar-refractivity contribution is 0.1000. The number of carbonyl (C=O) groups excluding carboxylic acids is 2. The lowest BCUT2D eigenvalue weighted by Crippen LogP contribution is -2.38. The zero-order chi connectivity index (χ0) is 17.8. The van der Waals surface area contributed by atoms with Crippen LogP contribution in [0.25, 0.3) is 0 Å². The number of nitrogens with one attached hydrogen (secondary N) is 1. The number of amides is 3. The molecule has 1 aliphatic heterocycles. The summed E-state index contributed by atoms with van der Waals surface area (Å²) in [4.78, 5) is 26.1. The van der Waals surface area contributed by atoms with Gasteiger partial charge in [-0.2, -0.15) is 0 Å². The van der Waals surface area contributed by atoms with E-state index in [1.54, 1.807) is 24.5 Å². The molecule has 3 amide bonds. The molecular weight excluding hydrogens is 318 g/mol. The second-order valence-corrected chi connectivity index (χ2v) is 6.40. The predicted octanol–water partition coefficient (Wildman–Crippen LogP) is 3.84. The largest absolute Gasteiger partial charge is 0.467 e. The average molecular weight is 341 g/mol. The number of rotatable bonds is 3. The Balaban J connectivity index is 1.83. The fourth-order valence-corrected chi connectivity index (χ4v) is 3.23. The van der Waals surface area contributed by atoms with Crippen molar-refractivity contribution < 1.29 is 14.0 Å². The molecule has 3 N–H and O–H groups in total. The Hall–Kier alpha value is -2.76. The number of likely N-dealkylation sites (tertiary alicyclic amines) is 1. The molecule has 1 aliphatic rings. The Morgan fingerprint density at radius 1 is 1.24 bits per heavy atom. The van der Waals surface area contributed by atoms with E-state index in [2.05, 4.69) is 5.32 Å². The average Bonchev–Trinajstić information content (AvgIpc) is 3.00. The molecule has 0 bridgehead atoms. The van der Waals surface area contributed by atoms with E-state index in [4.69, 9.17) is 10.2 Å². The minimum Gasteiger partial charge on any atom is -0.467 e. The van der Waals surface area contributed by atoms with E-state index in [-0.39, 0.29) is 12.1 Å². The number of furan rings is 1. The maximum atomic E-state index is 12.9. The standard InChI is InChI=1S/C19H23N3O3/c1-13-8-9-14(18(20)23)12-15(13)21-19(24)22-10-4-2-3-6-16(22)17-7-5-11-25-17/h5,7-9,11-12,16H,2-4,6,10H2,1H3,(H2,20,23)(H,21,24). The van der Waals surface area contributed by atoms with Gasteiger partial charge in [-0.25, -0.2) is 4.79 Å². The highest BCUT2D eigenvalue weighted by Gasteiger charge is 2.28. The van der Waals surface area contributed by atoms with Gasteiger partial charge in [0, 0.05) is 17.8 Å². The number of carbonyl (C=O) groups is 2. The fourth-order valence-electron chi connectivity index (χ4n) is 3.23. The van der Waals surface area contributed by atoms with E-state index in [0.29, 0.717) is 17.8 Å². The fraction of sp³-hybridized carbons (Fsp3) is 0.368. The van der Waals surface area contributed by atoms with E-state index >= 15 is 0 Å². The van der Waals surface area contributed by atoms with Crippen molar-refractivity contribution in [2.75, 3.05) is 11.9 Å². The van der Waals surface area contributed by atoms with E-state index in [1.807, 2.05) is 24.0 Å². The van der Waals surface area contributed by atoms with Gasteiger partial charge in [0.1, 0.15) is 5.76 Å². The van der Waals surface area contributed by atoms with Crippen molar-refractivity contribution >= 4 is 17.6 Å². The third-order valence-electron chi connectivity index (χ3n) is 4.65. The number of nitrogens with zero attached hydrogens (tertiary/aromatic N) is 1. The molecule has 0 spiro atoms. The van der Waals surface area contributed by atoms with Gasteiger partial charge < -0.3 is 20.4 Å². The number of benzene rings is 1. The zero-order valence-corrected chi connectivity index (χ0v) is 14.3. The number of anilines is 1. The van der Waals surface area contributed by atoms with Gasteiger partial charge in [0.05, 0.1) is 12.3 Å². The third-order valence-corrected chi connectivity index (χ3v) is 4.65. The summed E-state index contributed by atoms with van der Waals surface area (Å²) < 4.78 is 5.55. The monoisotopic (exact) mass is 341 g/mol. The Bertz CT molecular complexity index is 755. The summed E-state index contributed by atoms with van der Waals surface area (Å²) >= 11 is 0. The van der Waals surface area contributed by atoms with Crippen LogP contribution in [-0.4, -0.2) is 23.4 Å². The van der Waals surface area contributed by atoms with Crippen LogP contribution in [0.4, 0.5) is 10.5 Å². The molecule has 1 saturated heterocycles. The Kier molecular flexibility index (Phi) is 5.07. The first-order chi connectivity index (χ1) is 12.1. The van der Waals surface area contributed by atoms with Crippen molar-refractivity contribution in [3.8, 4) is 0 Å². The number of hydrogen-bond acceptors (Lipinski definition) is 3. The molecule has 1 atom stereocenters. The molecule has 2 heterocycles. The highest BCUT2D eigenvalue weighted by molar-refractivity contribution is 5.96. The van der Waals surface area contributed by atoms with Gasteiger partial charge in [-0.15, -0.1) is 0 Å². The van der Waals surface area contributed by atoms with Crippen LogP contribution >= 0.6 is 0 Å². The predicted molar refractivity (Wildman–Crippen MR) is 95.3 cm³/mol. The van der Waals surface area contributed by atoms with Crippen molar-refractivity contribution in [1.29, 1.82) is 0 Å². The molecule has 1 fully saturated rings. The van der Waals surface area contributed by atoms with Gasteiger partial charge in [-0.1, -0.05) is 18.9 Å². The summed E-state index contributed by atoms with van der Waals surface area (Å²) in [7, 11) is 0. The van der Waals surface area contributed by atoms with Crippen LogP contribution in [0.3, 0.4) is 0 Å². The lowest BCUT2D eigenvalue weighted by atomic mass is 10.1. The van der Waals surface area contributed by atoms with Gasteiger partial charge in [-0.3, -0.25) is 4.79 Å². The second kappa shape index (κ2) is 7.42. The SMILES string of the molecule is Cc1ccc(C(N)=O)cc1NC(=O)N1CCCCCC1c1ccco1. The van der Waals surface area contributed by atoms with Crippen LogP contribution in [0.1, 0.15) is 53.4 Å². The lowest BCUT2D eigenvalue weighted by Gasteiger charge is -2.29. The van der Waals surface area contributed by atoms with Gasteiger partial charge in [0.25, 0.3) is 0 Å². The van der Waals surface area contributed by atoms with Gasteiger partial charge >= 0.3 is 6.03 Å². The molecule has 0 radical (unpaired) electrons. The van der Waals surface area contributed by atoms with Gasteiger partial charge in [0.2, 0.25) is 5.91 Å². The Morgan fingerprint density at radius 3 is 2.80 bits per heavy atom. The highest BCUT2D eigenvalue weighted by Crippen LogP contribution is 2.31. The third kappa shape index (κ3) is 3.84. The zero-order valence-electron chi connectivity index (χ0n) is 14.3. The van der Waals surface area contributed by atoms with Crippen molar-refractivity contribution in [2.45, 2.75) is 38.6 Å². The molecule has 1 unspecified atom stereocenters. The summed E-state index contributed by atoms with van der Waals surface area (Å²) in [5.74, 6) is 0.290. The molecular formula is C19H23N3O3. The van der Waals surface area contributed by atoms with Crippen LogP contribution in [-0.2, 0) is 0 Å². The topological polar surface area (TPSA) is 88.6 Å². The van der Waals surface area contributed by atoms with Crippen LogP contribution in [0, 0.1) is 6.92 Å². The molecule has 1 aromatic heterocycles. The first-order valence-corrected chi connectivity index (χ1v) is 8.58. The van der Waals surface area contributed by atoms with Crippen LogP contribution in [0.2, 0.25) is 0 Å². The van der Waals surface area contributed by atoms with Crippen molar-refractivity contribution in [1.82, 2.24) is 4.90 Å². The summed E-state index contributed by atoms with van der Waals surface area (Å²) in [5, 5.41) is 2.93. The molecule has 0 saturated carbocycles. The molecule has 0 aliphatic carbocycles. The number of nitrogens with two attached hydrogens (primary N) is 1. The minimum absolute atomic E-state index is 0.0721. The molecule has 6 nitrogen and oxygen atoms in total. The number of hydrogen-bond donors (Lipinski definition) is 2. The molecule has 1 aromatic carbocycles. The van der Waals surface area contributed by atoms with Crippen LogP contribution < -0.4 is 11.1 Å². The maximum Gasteiger partial charge on any atom is 0.322 e. The van der Waals surface area contributed by atoms with Crippen LogP contribution in [0.15, 0.2) is 41.0 Å². The van der Waals surface area contributed by atoms with E-state index in [9.17, 15) is 9.59 Å². The van der Waals surface area contributed by atoms with Crippen molar-refractivity contribution in [3.63, 3.8) is 0 Å². The smallest absolute Gasteiger partial charge is 0.322 e. The highest BCUT2D eigenvalue weighted by atomic mass is 16.3. The first kappa shape index (κ1) is 17.1. The first-order valence-electron chi connectivity index (χ1n) is 8.58. The number of urea groups is 1. The molecule has 2 aromatic rings. The van der Waals surface area contributed by atoms with Gasteiger partial charge in [-0.05, 0) is 49.6 Å². The quantitative estimate of drug-likeness (QED) is 0.889. The summed E-state index contributed by atoms with van der Waals surface area (Å²) in [6.45, 7) is 2.55. The summed E-state index contributed by atoms with van der Waals surface area (Å²) in [6.07, 6.45) is 5.63. The normalized spacial score (nSPS) is 17.8. The second-order valence-electron chi connectivity index (χ2n) is 6.40. The van der Waals surface area contributed by atoms with E-state index in [0.717, 1.165) is 37.0 Å². The summed E-state index contributed by atoms with van der Waals surface area (Å²) in [5.41, 5.74) is 7.19. The summed E-state index contributed by atoms with van der Waals surface area (Å²) in [6, 6.07) is 8.55. The molecule has 132 valence electrons. The van der Waals surface area contributed by atoms with Gasteiger partial charge in [0.15, 0.2) is 0 Å². The van der Waals surface area contributed by atoms with Crippen LogP contribution in [0.5, 0.6) is 0 Å². The number of primary amides is 1. The molecule has 6 heteroatoms. The Labute approximate surface area is 147 Å². The molecule has 3 rings (SSSR count). The maximum absolute atomic E-state index is 12.9. The minimum atomic E-state index is -0.515. The Morgan fingerprint density at radius 2 is 2.08 bits per heavy atom. The van der Waals surface area contributed by atoms with Crippen molar-refractivity contribution in [3.05, 3.63) is 53.5 Å². The van der Waals surface area contributed by atoms with E-state index in [1.165, 1.54) is 0 Å².